The second-order valence-electron chi connectivity index (χ2n) is 6.45. The number of para-hydroxylation sites is 1. The van der Waals surface area contributed by atoms with Gasteiger partial charge >= 0.3 is 5.97 Å². The van der Waals surface area contributed by atoms with Crippen molar-refractivity contribution in [2.75, 3.05) is 13.7 Å². The number of amides is 1. The molecule has 0 saturated carbocycles. The van der Waals surface area contributed by atoms with Gasteiger partial charge in [0, 0.05) is 12.6 Å². The summed E-state index contributed by atoms with van der Waals surface area (Å²) in [5.41, 5.74) is 1.84. The number of methoxy groups -OCH3 is 1. The Morgan fingerprint density at radius 3 is 2.73 bits per heavy atom. The van der Waals surface area contributed by atoms with Gasteiger partial charge in [-0.1, -0.05) is 18.2 Å². The van der Waals surface area contributed by atoms with E-state index in [-0.39, 0.29) is 17.5 Å². The number of rotatable bonds is 5. The van der Waals surface area contributed by atoms with E-state index in [9.17, 15) is 9.59 Å². The molecular formula is C20H22N2O4. The molecule has 1 saturated heterocycles. The fourth-order valence-electron chi connectivity index (χ4n) is 3.49. The molecule has 1 N–H and O–H groups in total. The van der Waals surface area contributed by atoms with Crippen LogP contribution in [0.3, 0.4) is 0 Å². The van der Waals surface area contributed by atoms with Crippen molar-refractivity contribution in [3.8, 4) is 5.75 Å². The number of aryl methyl sites for hydroxylation is 1. The summed E-state index contributed by atoms with van der Waals surface area (Å²) in [5, 5.41) is 9.12. The summed E-state index contributed by atoms with van der Waals surface area (Å²) in [5.74, 6) is -0.363. The third-order valence-electron chi connectivity index (χ3n) is 4.82. The maximum Gasteiger partial charge on any atom is 0.337 e. The second kappa shape index (κ2) is 7.56. The van der Waals surface area contributed by atoms with E-state index in [0.29, 0.717) is 17.9 Å². The first-order chi connectivity index (χ1) is 12.5. The molecule has 26 heavy (non-hydrogen) atoms. The van der Waals surface area contributed by atoms with E-state index < -0.39 is 5.97 Å². The highest BCUT2D eigenvalue weighted by atomic mass is 16.5. The molecule has 6 heteroatoms. The van der Waals surface area contributed by atoms with Crippen LogP contribution in [0.25, 0.3) is 0 Å². The molecule has 2 aromatic rings. The first kappa shape index (κ1) is 17.9. The SMILES string of the molecule is COc1ccccc1CC1CCCN1C(=O)c1ccc(C(=O)O)c(C)n1. The van der Waals surface area contributed by atoms with E-state index >= 15 is 0 Å². The van der Waals surface area contributed by atoms with Gasteiger partial charge in [0.05, 0.1) is 18.4 Å². The molecule has 1 fully saturated rings. The Bertz CT molecular complexity index is 834. The van der Waals surface area contributed by atoms with Gasteiger partial charge in [0.15, 0.2) is 0 Å². The quantitative estimate of drug-likeness (QED) is 0.893. The molecule has 0 radical (unpaired) electrons. The number of aromatic nitrogens is 1. The first-order valence-corrected chi connectivity index (χ1v) is 8.65. The standard InChI is InChI=1S/C20H22N2O4/c1-13-16(20(24)25)9-10-17(21-13)19(23)22-11-5-7-15(22)12-14-6-3-4-8-18(14)26-2/h3-4,6,8-10,15H,5,7,11-12H2,1-2H3,(H,24,25). The number of carbonyl (C=O) groups is 2. The fraction of sp³-hybridized carbons (Fsp3) is 0.350. The lowest BCUT2D eigenvalue weighted by Gasteiger charge is -2.25. The van der Waals surface area contributed by atoms with Crippen molar-refractivity contribution in [2.24, 2.45) is 0 Å². The van der Waals surface area contributed by atoms with Crippen molar-refractivity contribution in [1.82, 2.24) is 9.88 Å². The summed E-state index contributed by atoms with van der Waals surface area (Å²) in [6, 6.07) is 10.9. The van der Waals surface area contributed by atoms with Crippen LogP contribution in [0, 0.1) is 6.92 Å². The second-order valence-corrected chi connectivity index (χ2v) is 6.45. The molecule has 2 heterocycles. The van der Waals surface area contributed by atoms with Crippen molar-refractivity contribution in [3.63, 3.8) is 0 Å². The lowest BCUT2D eigenvalue weighted by molar-refractivity contribution is 0.0689. The zero-order chi connectivity index (χ0) is 18.7. The van der Waals surface area contributed by atoms with Crippen molar-refractivity contribution in [2.45, 2.75) is 32.2 Å². The molecule has 1 unspecified atom stereocenters. The van der Waals surface area contributed by atoms with Gasteiger partial charge in [0.2, 0.25) is 0 Å². The number of likely N-dealkylation sites (tertiary alicyclic amines) is 1. The van der Waals surface area contributed by atoms with Crippen molar-refractivity contribution in [1.29, 1.82) is 0 Å². The van der Waals surface area contributed by atoms with Gasteiger partial charge in [-0.15, -0.1) is 0 Å². The van der Waals surface area contributed by atoms with Crippen molar-refractivity contribution < 1.29 is 19.4 Å². The van der Waals surface area contributed by atoms with Gasteiger partial charge in [0.25, 0.3) is 5.91 Å². The number of ether oxygens (including phenoxy) is 1. The topological polar surface area (TPSA) is 79.7 Å². The normalized spacial score (nSPS) is 16.5. The molecule has 1 aromatic carbocycles. The summed E-state index contributed by atoms with van der Waals surface area (Å²) in [6.07, 6.45) is 2.59. The average molecular weight is 354 g/mol. The minimum atomic E-state index is -1.04. The maximum atomic E-state index is 12.9. The number of aromatic carboxylic acids is 1. The maximum absolute atomic E-state index is 12.9. The summed E-state index contributed by atoms with van der Waals surface area (Å²) in [7, 11) is 1.65. The number of carbonyl (C=O) groups excluding carboxylic acids is 1. The largest absolute Gasteiger partial charge is 0.496 e. The monoisotopic (exact) mass is 354 g/mol. The molecule has 1 amide bonds. The van der Waals surface area contributed by atoms with E-state index in [1.807, 2.05) is 29.2 Å². The Balaban J connectivity index is 1.80. The molecule has 1 aliphatic rings. The van der Waals surface area contributed by atoms with Gasteiger partial charge in [0.1, 0.15) is 11.4 Å². The molecule has 0 spiro atoms. The minimum Gasteiger partial charge on any atom is -0.496 e. The summed E-state index contributed by atoms with van der Waals surface area (Å²) in [6.45, 7) is 2.29. The highest BCUT2D eigenvalue weighted by molar-refractivity contribution is 5.94. The first-order valence-electron chi connectivity index (χ1n) is 8.65. The molecule has 1 atom stereocenters. The van der Waals surface area contributed by atoms with Gasteiger partial charge in [-0.05, 0) is 49.9 Å². The van der Waals surface area contributed by atoms with Crippen LogP contribution in [0.2, 0.25) is 0 Å². The average Bonchev–Trinajstić information content (AvgIpc) is 3.09. The Labute approximate surface area is 152 Å². The van der Waals surface area contributed by atoms with Crippen molar-refractivity contribution >= 4 is 11.9 Å². The molecule has 136 valence electrons. The Morgan fingerprint density at radius 1 is 1.27 bits per heavy atom. The number of hydrogen-bond acceptors (Lipinski definition) is 4. The Morgan fingerprint density at radius 2 is 2.04 bits per heavy atom. The molecule has 1 aromatic heterocycles. The zero-order valence-corrected chi connectivity index (χ0v) is 14.9. The molecular weight excluding hydrogens is 332 g/mol. The highest BCUT2D eigenvalue weighted by Crippen LogP contribution is 2.27. The third-order valence-corrected chi connectivity index (χ3v) is 4.82. The Kier molecular flexibility index (Phi) is 5.21. The summed E-state index contributed by atoms with van der Waals surface area (Å²) in [4.78, 5) is 30.1. The third kappa shape index (κ3) is 3.54. The van der Waals surface area contributed by atoms with Crippen LogP contribution < -0.4 is 4.74 Å². The fourth-order valence-corrected chi connectivity index (χ4v) is 3.49. The Hall–Kier alpha value is -2.89. The number of nitrogens with zero attached hydrogens (tertiary/aromatic N) is 2. The predicted molar refractivity (Wildman–Crippen MR) is 96.7 cm³/mol. The molecule has 0 bridgehead atoms. The lowest BCUT2D eigenvalue weighted by Crippen LogP contribution is -2.37. The molecule has 6 nitrogen and oxygen atoms in total. The molecule has 0 aliphatic carbocycles. The van der Waals surface area contributed by atoms with E-state index in [0.717, 1.165) is 30.6 Å². The summed E-state index contributed by atoms with van der Waals surface area (Å²) < 4.78 is 5.42. The van der Waals surface area contributed by atoms with Crippen molar-refractivity contribution in [3.05, 3.63) is 58.9 Å². The van der Waals surface area contributed by atoms with E-state index in [1.54, 1.807) is 14.0 Å². The lowest BCUT2D eigenvalue weighted by atomic mass is 10.0. The van der Waals surface area contributed by atoms with Crippen LogP contribution in [0.4, 0.5) is 0 Å². The predicted octanol–water partition coefficient (Wildman–Crippen LogP) is 2.94. The molecule has 1 aliphatic heterocycles. The van der Waals surface area contributed by atoms with Crippen LogP contribution in [0.5, 0.6) is 5.75 Å². The van der Waals surface area contributed by atoms with Gasteiger partial charge < -0.3 is 14.7 Å². The number of carboxylic acid groups (broad SMARTS) is 1. The number of benzene rings is 1. The van der Waals surface area contributed by atoms with Crippen LogP contribution in [-0.2, 0) is 6.42 Å². The number of pyridine rings is 1. The van der Waals surface area contributed by atoms with E-state index in [1.165, 1.54) is 12.1 Å². The summed E-state index contributed by atoms with van der Waals surface area (Å²) >= 11 is 0. The van der Waals surface area contributed by atoms with Crippen LogP contribution in [0.15, 0.2) is 36.4 Å². The zero-order valence-electron chi connectivity index (χ0n) is 14.9. The van der Waals surface area contributed by atoms with E-state index in [2.05, 4.69) is 4.98 Å². The van der Waals surface area contributed by atoms with Gasteiger partial charge in [-0.2, -0.15) is 0 Å². The highest BCUT2D eigenvalue weighted by Gasteiger charge is 2.31. The van der Waals surface area contributed by atoms with Gasteiger partial charge in [-0.25, -0.2) is 9.78 Å². The van der Waals surface area contributed by atoms with Crippen LogP contribution in [0.1, 0.15) is 44.9 Å². The van der Waals surface area contributed by atoms with Crippen LogP contribution >= 0.6 is 0 Å². The molecule has 3 rings (SSSR count). The van der Waals surface area contributed by atoms with Crippen LogP contribution in [-0.4, -0.2) is 46.6 Å². The van der Waals surface area contributed by atoms with E-state index in [4.69, 9.17) is 9.84 Å². The minimum absolute atomic E-state index is 0.0834. The number of carboxylic acids is 1. The number of hydrogen-bond donors (Lipinski definition) is 1. The van der Waals surface area contributed by atoms with Gasteiger partial charge in [-0.3, -0.25) is 4.79 Å². The smallest absolute Gasteiger partial charge is 0.337 e.